The summed E-state index contributed by atoms with van der Waals surface area (Å²) >= 11 is 0. The smallest absolute Gasteiger partial charge is 0.211 e. The Morgan fingerprint density at radius 2 is 1.97 bits per heavy atom. The molecule has 0 saturated heterocycles. The summed E-state index contributed by atoms with van der Waals surface area (Å²) in [6.45, 7) is 0.277. The van der Waals surface area contributed by atoms with Crippen LogP contribution in [-0.2, 0) is 19.4 Å². The molecule has 1 aliphatic heterocycles. The van der Waals surface area contributed by atoms with E-state index in [2.05, 4.69) is 32.7 Å². The summed E-state index contributed by atoms with van der Waals surface area (Å²) in [6, 6.07) is 13.2. The van der Waals surface area contributed by atoms with Gasteiger partial charge in [-0.05, 0) is 60.2 Å². The quantitative estimate of drug-likeness (QED) is 0.317. The van der Waals surface area contributed by atoms with E-state index < -0.39 is 6.04 Å². The average Bonchev–Trinajstić information content (AvgIpc) is 3.35. The molecule has 10 heteroatoms. The predicted octanol–water partition coefficient (Wildman–Crippen LogP) is 3.14. The van der Waals surface area contributed by atoms with E-state index in [1.165, 1.54) is 17.5 Å². The van der Waals surface area contributed by atoms with Gasteiger partial charge < -0.3 is 26.3 Å². The van der Waals surface area contributed by atoms with Crippen molar-refractivity contribution in [2.45, 2.75) is 31.9 Å². The molecule has 36 heavy (non-hydrogen) atoms. The number of aromatic nitrogens is 1. The van der Waals surface area contributed by atoms with E-state index in [-0.39, 0.29) is 29.6 Å². The number of methoxy groups -OCH3 is 1. The lowest BCUT2D eigenvalue weighted by molar-refractivity contribution is 0.296. The Morgan fingerprint density at radius 1 is 1.14 bits per heavy atom. The van der Waals surface area contributed by atoms with Crippen molar-refractivity contribution in [2.24, 2.45) is 4.99 Å². The maximum absolute atomic E-state index is 9.55. The van der Waals surface area contributed by atoms with Crippen LogP contribution in [-0.4, -0.2) is 18.1 Å². The minimum Gasteiger partial charge on any atom is -0.496 e. The van der Waals surface area contributed by atoms with E-state index >= 15 is 0 Å². The van der Waals surface area contributed by atoms with Gasteiger partial charge in [-0.15, -0.1) is 0 Å². The van der Waals surface area contributed by atoms with Gasteiger partial charge in [0.25, 0.3) is 0 Å². The number of fused-ring (bicyclic) bond motifs is 2. The zero-order chi connectivity index (χ0) is 25.2. The van der Waals surface area contributed by atoms with E-state index in [4.69, 9.17) is 26.2 Å². The number of guanidine groups is 1. The first-order valence-corrected chi connectivity index (χ1v) is 11.4. The average molecular weight is 481 g/mol. The van der Waals surface area contributed by atoms with E-state index in [1.54, 1.807) is 7.11 Å². The summed E-state index contributed by atoms with van der Waals surface area (Å²) in [4.78, 5) is 8.92. The SMILES string of the molecule is COc1ccc(C2N=C(NC#N)Nc3nc(N)c(C#N)c(N)c32)cc1COc1ccc2c(c1)CCC2. The van der Waals surface area contributed by atoms with Gasteiger partial charge in [0.15, 0.2) is 6.19 Å². The predicted molar refractivity (Wildman–Crippen MR) is 135 cm³/mol. The second-order valence-corrected chi connectivity index (χ2v) is 8.55. The van der Waals surface area contributed by atoms with Crippen molar-refractivity contribution in [3.63, 3.8) is 0 Å². The molecular formula is C26H24N8O2. The molecule has 2 heterocycles. The summed E-state index contributed by atoms with van der Waals surface area (Å²) < 4.78 is 11.7. The Hall–Kier alpha value is -4.96. The monoisotopic (exact) mass is 480 g/mol. The van der Waals surface area contributed by atoms with Crippen LogP contribution in [0.1, 0.15) is 45.8 Å². The minimum atomic E-state index is -0.651. The lowest BCUT2D eigenvalue weighted by Gasteiger charge is -2.26. The molecule has 3 aromatic rings. The van der Waals surface area contributed by atoms with Gasteiger partial charge in [-0.3, -0.25) is 5.32 Å². The Balaban J connectivity index is 1.52. The number of benzene rings is 2. The highest BCUT2D eigenvalue weighted by atomic mass is 16.5. The molecule has 0 spiro atoms. The lowest BCUT2D eigenvalue weighted by atomic mass is 9.94. The number of aryl methyl sites for hydroxylation is 2. The lowest BCUT2D eigenvalue weighted by Crippen LogP contribution is -2.32. The van der Waals surface area contributed by atoms with E-state index in [0.29, 0.717) is 17.1 Å². The number of nitrogens with zero attached hydrogens (tertiary/aromatic N) is 4. The summed E-state index contributed by atoms with van der Waals surface area (Å²) in [5.74, 6) is 1.98. The molecule has 1 aliphatic carbocycles. The summed E-state index contributed by atoms with van der Waals surface area (Å²) in [5, 5.41) is 24.1. The second kappa shape index (κ2) is 9.35. The largest absolute Gasteiger partial charge is 0.496 e. The molecule has 1 atom stereocenters. The van der Waals surface area contributed by atoms with Gasteiger partial charge in [-0.25, -0.2) is 9.98 Å². The normalized spacial score (nSPS) is 15.4. The fourth-order valence-electron chi connectivity index (χ4n) is 4.70. The van der Waals surface area contributed by atoms with Crippen LogP contribution >= 0.6 is 0 Å². The van der Waals surface area contributed by atoms with E-state index in [1.807, 2.05) is 36.5 Å². The first kappa shape index (κ1) is 22.8. The fourth-order valence-corrected chi connectivity index (χ4v) is 4.70. The first-order valence-electron chi connectivity index (χ1n) is 11.4. The standard InChI is InChI=1S/C26H24N8O2/c1-35-20-8-6-16(9-17(20)12-36-18-7-5-14-3-2-4-15(14)10-18)23-21-22(29)19(11-27)24(30)33-25(21)34-26(32-23)31-13-28/h5-10,23H,2-4,12H2,1H3,(H6,29,30,31,32,33,34). The highest BCUT2D eigenvalue weighted by Crippen LogP contribution is 2.41. The molecule has 5 rings (SSSR count). The van der Waals surface area contributed by atoms with Crippen molar-refractivity contribution in [2.75, 3.05) is 23.9 Å². The zero-order valence-electron chi connectivity index (χ0n) is 19.6. The number of hydrogen-bond acceptors (Lipinski definition) is 10. The van der Waals surface area contributed by atoms with Gasteiger partial charge >= 0.3 is 0 Å². The summed E-state index contributed by atoms with van der Waals surface area (Å²) in [5.41, 5.74) is 17.3. The number of aliphatic imine (C=N–C) groups is 1. The topological polar surface area (TPSA) is 167 Å². The van der Waals surface area contributed by atoms with Crippen LogP contribution in [0.25, 0.3) is 0 Å². The summed E-state index contributed by atoms with van der Waals surface area (Å²) in [7, 11) is 1.60. The van der Waals surface area contributed by atoms with E-state index in [0.717, 1.165) is 29.7 Å². The van der Waals surface area contributed by atoms with Gasteiger partial charge in [-0.2, -0.15) is 10.5 Å². The molecule has 0 saturated carbocycles. The number of hydrogen-bond donors (Lipinski definition) is 4. The molecule has 0 radical (unpaired) electrons. The number of nitrogens with two attached hydrogens (primary N) is 2. The molecule has 1 aromatic heterocycles. The molecule has 6 N–H and O–H groups in total. The maximum Gasteiger partial charge on any atom is 0.211 e. The first-order chi connectivity index (χ1) is 17.5. The van der Waals surface area contributed by atoms with Gasteiger partial charge in [0.1, 0.15) is 47.4 Å². The molecule has 0 fully saturated rings. The van der Waals surface area contributed by atoms with Gasteiger partial charge in [0.05, 0.1) is 12.8 Å². The van der Waals surface area contributed by atoms with Crippen molar-refractivity contribution in [1.82, 2.24) is 10.3 Å². The highest BCUT2D eigenvalue weighted by Gasteiger charge is 2.30. The van der Waals surface area contributed by atoms with Crippen LogP contribution < -0.4 is 31.6 Å². The van der Waals surface area contributed by atoms with Crippen molar-refractivity contribution in [3.05, 3.63) is 69.8 Å². The molecule has 2 aliphatic rings. The van der Waals surface area contributed by atoms with Crippen LogP contribution in [0.4, 0.5) is 17.3 Å². The van der Waals surface area contributed by atoms with Crippen LogP contribution in [0.15, 0.2) is 41.4 Å². The Morgan fingerprint density at radius 3 is 2.75 bits per heavy atom. The number of nitriles is 2. The minimum absolute atomic E-state index is 0.00336. The molecule has 2 aromatic carbocycles. The Kier molecular flexibility index (Phi) is 5.93. The van der Waals surface area contributed by atoms with Crippen LogP contribution in [0.3, 0.4) is 0 Å². The van der Waals surface area contributed by atoms with Crippen molar-refractivity contribution >= 4 is 23.3 Å². The van der Waals surface area contributed by atoms with Gasteiger partial charge in [0, 0.05) is 11.1 Å². The molecule has 0 amide bonds. The molecule has 10 nitrogen and oxygen atoms in total. The number of nitrogen functional groups attached to an aromatic ring is 2. The van der Waals surface area contributed by atoms with Gasteiger partial charge in [0.2, 0.25) is 5.96 Å². The van der Waals surface area contributed by atoms with E-state index in [9.17, 15) is 5.26 Å². The van der Waals surface area contributed by atoms with Gasteiger partial charge in [-0.1, -0.05) is 12.1 Å². The third-order valence-electron chi connectivity index (χ3n) is 6.44. The third-order valence-corrected chi connectivity index (χ3v) is 6.44. The molecule has 1 unspecified atom stereocenters. The van der Waals surface area contributed by atoms with Crippen molar-refractivity contribution in [1.29, 1.82) is 10.5 Å². The van der Waals surface area contributed by atoms with Crippen molar-refractivity contribution < 1.29 is 9.47 Å². The zero-order valence-corrected chi connectivity index (χ0v) is 19.6. The fraction of sp³-hybridized carbons (Fsp3) is 0.231. The number of ether oxygens (including phenoxy) is 2. The third kappa shape index (κ3) is 4.05. The maximum atomic E-state index is 9.55. The van der Waals surface area contributed by atoms with Crippen LogP contribution in [0.5, 0.6) is 11.5 Å². The van der Waals surface area contributed by atoms with Crippen molar-refractivity contribution in [3.8, 4) is 23.8 Å². The molecule has 180 valence electrons. The molecular weight excluding hydrogens is 456 g/mol. The Bertz CT molecular complexity index is 1470. The summed E-state index contributed by atoms with van der Waals surface area (Å²) in [6.07, 6.45) is 5.21. The number of rotatable bonds is 5. The highest BCUT2D eigenvalue weighted by molar-refractivity contribution is 5.98. The number of anilines is 3. The Labute approximate surface area is 208 Å². The van der Waals surface area contributed by atoms with Crippen LogP contribution in [0.2, 0.25) is 0 Å². The number of nitrogens with one attached hydrogen (secondary N) is 2. The van der Waals surface area contributed by atoms with Crippen LogP contribution in [0, 0.1) is 22.8 Å². The second-order valence-electron chi connectivity index (χ2n) is 8.55. The number of pyridine rings is 1. The molecule has 0 bridgehead atoms.